The number of rotatable bonds is 9. The molecule has 0 aliphatic rings. The molecule has 1 nitrogen and oxygen atoms in total. The van der Waals surface area contributed by atoms with E-state index in [1.165, 1.54) is 51.4 Å². The fourth-order valence-corrected chi connectivity index (χ4v) is 2.43. The Labute approximate surface area is 85.3 Å². The molecule has 0 aliphatic carbocycles. The third-order valence-corrected chi connectivity index (χ3v) is 3.69. The molecule has 13 heavy (non-hydrogen) atoms. The Morgan fingerprint density at radius 2 is 1.31 bits per heavy atom. The van der Waals surface area contributed by atoms with E-state index in [1.54, 1.807) is 0 Å². The zero-order valence-electron chi connectivity index (χ0n) is 9.35. The summed E-state index contributed by atoms with van der Waals surface area (Å²) in [6, 6.07) is 1.01. The van der Waals surface area contributed by atoms with E-state index in [-0.39, 0.29) is 0 Å². The molecule has 0 spiro atoms. The molecule has 0 saturated heterocycles. The first-order chi connectivity index (χ1) is 6.27. The highest BCUT2D eigenvalue weighted by molar-refractivity contribution is 6.48. The Morgan fingerprint density at radius 1 is 0.846 bits per heavy atom. The highest BCUT2D eigenvalue weighted by Gasteiger charge is 1.99. The van der Waals surface area contributed by atoms with Gasteiger partial charge in [-0.2, -0.15) is 0 Å². The fourth-order valence-electron chi connectivity index (χ4n) is 1.57. The molecule has 0 saturated carbocycles. The van der Waals surface area contributed by atoms with Crippen molar-refractivity contribution < 1.29 is 4.80 Å². The summed E-state index contributed by atoms with van der Waals surface area (Å²) >= 11 is 0. The maximum absolute atomic E-state index is 10.8. The molecule has 0 fully saturated rings. The van der Waals surface area contributed by atoms with E-state index in [4.69, 9.17) is 0 Å². The van der Waals surface area contributed by atoms with Crippen LogP contribution in [-0.4, -0.2) is 9.04 Å². The largest absolute Gasteiger partial charge is 0.302 e. The minimum atomic E-state index is -1.49. The SMILES string of the molecule is CCCCCCCCCC[SiH](C)[O]. The van der Waals surface area contributed by atoms with Crippen molar-refractivity contribution in [2.24, 2.45) is 0 Å². The average Bonchev–Trinajstić information content (AvgIpc) is 2.09. The standard InChI is InChI=1S/C11H25OSi/c1-3-4-5-6-7-8-9-10-11-13(2)12/h13H,3-11H2,1-2H3. The van der Waals surface area contributed by atoms with Gasteiger partial charge in [-0.1, -0.05) is 58.3 Å². The van der Waals surface area contributed by atoms with E-state index in [0.717, 1.165) is 6.04 Å². The zero-order valence-corrected chi connectivity index (χ0v) is 10.5. The summed E-state index contributed by atoms with van der Waals surface area (Å²) in [4.78, 5) is 10.8. The number of hydrogen-bond donors (Lipinski definition) is 0. The van der Waals surface area contributed by atoms with E-state index >= 15 is 0 Å². The molecule has 0 aromatic carbocycles. The van der Waals surface area contributed by atoms with Crippen LogP contribution in [-0.2, 0) is 4.80 Å². The summed E-state index contributed by atoms with van der Waals surface area (Å²) in [5.41, 5.74) is 0. The highest BCUT2D eigenvalue weighted by atomic mass is 28.3. The minimum absolute atomic E-state index is 1.01. The molecule has 0 N–H and O–H groups in total. The van der Waals surface area contributed by atoms with Gasteiger partial charge in [0.25, 0.3) is 0 Å². The lowest BCUT2D eigenvalue weighted by Crippen LogP contribution is -2.01. The van der Waals surface area contributed by atoms with Gasteiger partial charge < -0.3 is 4.80 Å². The van der Waals surface area contributed by atoms with Crippen LogP contribution in [0.4, 0.5) is 0 Å². The van der Waals surface area contributed by atoms with Crippen molar-refractivity contribution in [3.8, 4) is 0 Å². The molecule has 1 atom stereocenters. The number of hydrogen-bond acceptors (Lipinski definition) is 0. The second-order valence-corrected chi connectivity index (χ2v) is 6.27. The van der Waals surface area contributed by atoms with E-state index in [0.29, 0.717) is 0 Å². The molecule has 0 aliphatic heterocycles. The molecule has 0 aromatic rings. The second-order valence-electron chi connectivity index (χ2n) is 4.07. The first-order valence-electron chi connectivity index (χ1n) is 5.93. The lowest BCUT2D eigenvalue weighted by molar-refractivity contribution is 0.448. The van der Waals surface area contributed by atoms with E-state index in [9.17, 15) is 4.80 Å². The third-order valence-electron chi connectivity index (χ3n) is 2.46. The third kappa shape index (κ3) is 12.2. The van der Waals surface area contributed by atoms with Crippen LogP contribution in [0.25, 0.3) is 0 Å². The normalized spacial score (nSPS) is 13.2. The lowest BCUT2D eigenvalue weighted by Gasteiger charge is -2.01. The van der Waals surface area contributed by atoms with Crippen LogP contribution >= 0.6 is 0 Å². The fraction of sp³-hybridized carbons (Fsp3) is 1.00. The summed E-state index contributed by atoms with van der Waals surface area (Å²) in [6.07, 6.45) is 10.8. The smallest absolute Gasteiger partial charge is 0.219 e. The zero-order chi connectivity index (χ0) is 9.94. The van der Waals surface area contributed by atoms with Crippen LogP contribution in [0, 0.1) is 0 Å². The van der Waals surface area contributed by atoms with Gasteiger partial charge in [0.2, 0.25) is 9.04 Å². The highest BCUT2D eigenvalue weighted by Crippen LogP contribution is 2.10. The predicted octanol–water partition coefficient (Wildman–Crippen LogP) is 3.91. The van der Waals surface area contributed by atoms with E-state index in [2.05, 4.69) is 6.92 Å². The molecule has 0 heterocycles. The topological polar surface area (TPSA) is 19.9 Å². The van der Waals surface area contributed by atoms with Crippen molar-refractivity contribution in [3.05, 3.63) is 0 Å². The van der Waals surface area contributed by atoms with Crippen molar-refractivity contribution in [2.45, 2.75) is 70.9 Å². The van der Waals surface area contributed by atoms with Crippen LogP contribution in [0.2, 0.25) is 12.6 Å². The van der Waals surface area contributed by atoms with E-state index < -0.39 is 9.04 Å². The van der Waals surface area contributed by atoms with Crippen molar-refractivity contribution in [1.82, 2.24) is 0 Å². The Bertz CT molecular complexity index is 94.1. The monoisotopic (exact) mass is 201 g/mol. The van der Waals surface area contributed by atoms with Crippen molar-refractivity contribution in [3.63, 3.8) is 0 Å². The van der Waals surface area contributed by atoms with Gasteiger partial charge in [-0.05, 0) is 12.6 Å². The number of unbranched alkanes of at least 4 members (excludes halogenated alkanes) is 7. The second kappa shape index (κ2) is 10.3. The maximum atomic E-state index is 10.8. The molecule has 1 radical (unpaired) electrons. The summed E-state index contributed by atoms with van der Waals surface area (Å²) in [7, 11) is -1.49. The molecular weight excluding hydrogens is 176 g/mol. The van der Waals surface area contributed by atoms with Crippen LogP contribution in [0.1, 0.15) is 58.3 Å². The van der Waals surface area contributed by atoms with Crippen LogP contribution in [0.3, 0.4) is 0 Å². The Hall–Kier alpha value is 0.177. The summed E-state index contributed by atoms with van der Waals surface area (Å²) in [6.45, 7) is 4.15. The molecule has 0 amide bonds. The first-order valence-corrected chi connectivity index (χ1v) is 8.37. The molecular formula is C11H25OSi. The Kier molecular flexibility index (Phi) is 10.4. The van der Waals surface area contributed by atoms with Crippen molar-refractivity contribution in [1.29, 1.82) is 0 Å². The van der Waals surface area contributed by atoms with Gasteiger partial charge in [-0.15, -0.1) is 0 Å². The van der Waals surface area contributed by atoms with Gasteiger partial charge in [0.1, 0.15) is 0 Å². The molecule has 0 aromatic heterocycles. The van der Waals surface area contributed by atoms with Gasteiger partial charge >= 0.3 is 0 Å². The van der Waals surface area contributed by atoms with Crippen LogP contribution in [0.15, 0.2) is 0 Å². The quantitative estimate of drug-likeness (QED) is 0.398. The van der Waals surface area contributed by atoms with Gasteiger partial charge in [-0.25, -0.2) is 0 Å². The minimum Gasteiger partial charge on any atom is -0.302 e. The van der Waals surface area contributed by atoms with Crippen molar-refractivity contribution >= 4 is 9.04 Å². The van der Waals surface area contributed by atoms with Gasteiger partial charge in [-0.3, -0.25) is 0 Å². The molecule has 2 heteroatoms. The van der Waals surface area contributed by atoms with Gasteiger partial charge in [0.15, 0.2) is 0 Å². The molecule has 1 unspecified atom stereocenters. The predicted molar refractivity (Wildman–Crippen MR) is 61.1 cm³/mol. The average molecular weight is 201 g/mol. The summed E-state index contributed by atoms with van der Waals surface area (Å²) in [5, 5.41) is 0. The van der Waals surface area contributed by atoms with Crippen molar-refractivity contribution in [2.75, 3.05) is 0 Å². The van der Waals surface area contributed by atoms with Gasteiger partial charge in [0, 0.05) is 0 Å². The molecule has 0 bridgehead atoms. The maximum Gasteiger partial charge on any atom is 0.219 e. The van der Waals surface area contributed by atoms with Crippen LogP contribution < -0.4 is 0 Å². The first kappa shape index (κ1) is 13.2. The lowest BCUT2D eigenvalue weighted by atomic mass is 10.1. The van der Waals surface area contributed by atoms with Gasteiger partial charge in [0.05, 0.1) is 0 Å². The summed E-state index contributed by atoms with van der Waals surface area (Å²) in [5.74, 6) is 0. The van der Waals surface area contributed by atoms with E-state index in [1.807, 2.05) is 6.55 Å². The Morgan fingerprint density at radius 3 is 1.77 bits per heavy atom. The van der Waals surface area contributed by atoms with Crippen LogP contribution in [0.5, 0.6) is 0 Å². The summed E-state index contributed by atoms with van der Waals surface area (Å²) < 4.78 is 0. The molecule has 79 valence electrons. The molecule has 0 rings (SSSR count). The Balaban J connectivity index is 2.84.